The SMILES string of the molecule is Cc1nc2cc(CNC(=O)[C@H]3CCCN(C4CCCC4)C3)ccc2n1C. The van der Waals surface area contributed by atoms with Crippen molar-refractivity contribution in [3.05, 3.63) is 29.6 Å². The Kier molecular flexibility index (Phi) is 4.98. The summed E-state index contributed by atoms with van der Waals surface area (Å²) in [7, 11) is 2.03. The first-order chi connectivity index (χ1) is 12.6. The molecule has 5 heteroatoms. The Morgan fingerprint density at radius 2 is 2.04 bits per heavy atom. The highest BCUT2D eigenvalue weighted by Crippen LogP contribution is 2.28. The number of imidazole rings is 1. The molecule has 1 aliphatic heterocycles. The summed E-state index contributed by atoms with van der Waals surface area (Å²) >= 11 is 0. The number of hydrogen-bond acceptors (Lipinski definition) is 3. The van der Waals surface area contributed by atoms with Crippen molar-refractivity contribution in [3.8, 4) is 0 Å². The second kappa shape index (κ2) is 7.39. The molecular weight excluding hydrogens is 324 g/mol. The lowest BCUT2D eigenvalue weighted by Gasteiger charge is -2.36. The number of rotatable bonds is 4. The summed E-state index contributed by atoms with van der Waals surface area (Å²) in [5.74, 6) is 1.37. The van der Waals surface area contributed by atoms with Crippen LogP contribution in [0.5, 0.6) is 0 Å². The van der Waals surface area contributed by atoms with Gasteiger partial charge < -0.3 is 9.88 Å². The van der Waals surface area contributed by atoms with E-state index in [0.717, 1.165) is 47.8 Å². The van der Waals surface area contributed by atoms with E-state index in [1.807, 2.05) is 14.0 Å². The number of aryl methyl sites for hydroxylation is 2. The Morgan fingerprint density at radius 3 is 2.85 bits per heavy atom. The first-order valence-corrected chi connectivity index (χ1v) is 10.1. The monoisotopic (exact) mass is 354 g/mol. The Hall–Kier alpha value is -1.88. The van der Waals surface area contributed by atoms with Gasteiger partial charge >= 0.3 is 0 Å². The molecule has 1 aromatic carbocycles. The Bertz CT molecular complexity index is 791. The lowest BCUT2D eigenvalue weighted by molar-refractivity contribution is -0.127. The van der Waals surface area contributed by atoms with Crippen molar-refractivity contribution < 1.29 is 4.79 Å². The van der Waals surface area contributed by atoms with Gasteiger partial charge in [0.2, 0.25) is 5.91 Å². The van der Waals surface area contributed by atoms with E-state index >= 15 is 0 Å². The number of nitrogens with one attached hydrogen (secondary N) is 1. The number of hydrogen-bond donors (Lipinski definition) is 1. The highest BCUT2D eigenvalue weighted by molar-refractivity contribution is 5.80. The van der Waals surface area contributed by atoms with Crippen LogP contribution < -0.4 is 5.32 Å². The number of nitrogens with zero attached hydrogens (tertiary/aromatic N) is 3. The number of likely N-dealkylation sites (tertiary alicyclic amines) is 1. The third-order valence-electron chi connectivity index (χ3n) is 6.30. The van der Waals surface area contributed by atoms with Crippen molar-refractivity contribution in [2.75, 3.05) is 13.1 Å². The van der Waals surface area contributed by atoms with Gasteiger partial charge in [-0.1, -0.05) is 18.9 Å². The molecule has 1 amide bonds. The molecule has 2 fully saturated rings. The maximum Gasteiger partial charge on any atom is 0.224 e. The smallest absolute Gasteiger partial charge is 0.224 e. The molecule has 1 aliphatic carbocycles. The summed E-state index contributed by atoms with van der Waals surface area (Å²) in [4.78, 5) is 19.9. The Balaban J connectivity index is 1.35. The summed E-state index contributed by atoms with van der Waals surface area (Å²) in [6, 6.07) is 7.00. The summed E-state index contributed by atoms with van der Waals surface area (Å²) in [5.41, 5.74) is 3.26. The lowest BCUT2D eigenvalue weighted by Crippen LogP contribution is -2.46. The van der Waals surface area contributed by atoms with Crippen molar-refractivity contribution in [1.29, 1.82) is 0 Å². The number of carbonyl (C=O) groups excluding carboxylic acids is 1. The van der Waals surface area contributed by atoms with Crippen molar-refractivity contribution in [2.24, 2.45) is 13.0 Å². The number of fused-ring (bicyclic) bond motifs is 1. The zero-order chi connectivity index (χ0) is 18.1. The highest BCUT2D eigenvalue weighted by atomic mass is 16.1. The van der Waals surface area contributed by atoms with Crippen molar-refractivity contribution >= 4 is 16.9 Å². The van der Waals surface area contributed by atoms with Gasteiger partial charge in [0.1, 0.15) is 5.82 Å². The molecule has 2 heterocycles. The summed E-state index contributed by atoms with van der Waals surface area (Å²) in [6.45, 7) is 4.71. The Morgan fingerprint density at radius 1 is 1.23 bits per heavy atom. The molecular formula is C21H30N4O. The standard InChI is InChI=1S/C21H30N4O/c1-15-23-19-12-16(9-10-20(19)24(15)2)13-22-21(26)17-6-5-11-25(14-17)18-7-3-4-8-18/h9-10,12,17-18H,3-8,11,13-14H2,1-2H3,(H,22,26)/t17-/m0/s1. The predicted octanol–water partition coefficient (Wildman–Crippen LogP) is 3.15. The number of amides is 1. The minimum absolute atomic E-state index is 0.144. The minimum atomic E-state index is 0.144. The largest absolute Gasteiger partial charge is 0.352 e. The number of benzene rings is 1. The Labute approximate surface area is 155 Å². The third kappa shape index (κ3) is 3.50. The van der Waals surface area contributed by atoms with Crippen LogP contribution in [0.15, 0.2) is 18.2 Å². The van der Waals surface area contributed by atoms with Gasteiger partial charge in [-0.15, -0.1) is 0 Å². The first-order valence-electron chi connectivity index (χ1n) is 10.1. The van der Waals surface area contributed by atoms with E-state index in [1.54, 1.807) is 0 Å². The maximum absolute atomic E-state index is 12.7. The molecule has 0 radical (unpaired) electrons. The fourth-order valence-corrected chi connectivity index (χ4v) is 4.63. The van der Waals surface area contributed by atoms with E-state index < -0.39 is 0 Å². The number of carbonyl (C=O) groups is 1. The third-order valence-corrected chi connectivity index (χ3v) is 6.30. The van der Waals surface area contributed by atoms with Crippen molar-refractivity contribution in [3.63, 3.8) is 0 Å². The quantitative estimate of drug-likeness (QED) is 0.918. The van der Waals surface area contributed by atoms with Crippen LogP contribution in [-0.2, 0) is 18.4 Å². The van der Waals surface area contributed by atoms with Gasteiger partial charge in [0, 0.05) is 26.2 Å². The van der Waals surface area contributed by atoms with Crippen LogP contribution >= 0.6 is 0 Å². The van der Waals surface area contributed by atoms with Gasteiger partial charge in [-0.05, 0) is 56.8 Å². The van der Waals surface area contributed by atoms with E-state index in [1.165, 1.54) is 32.2 Å². The van der Waals surface area contributed by atoms with Crippen LogP contribution in [0.25, 0.3) is 11.0 Å². The van der Waals surface area contributed by atoms with E-state index in [2.05, 4.69) is 38.0 Å². The zero-order valence-corrected chi connectivity index (χ0v) is 16.0. The van der Waals surface area contributed by atoms with Crippen LogP contribution in [0, 0.1) is 12.8 Å². The van der Waals surface area contributed by atoms with Crippen LogP contribution in [0.3, 0.4) is 0 Å². The van der Waals surface area contributed by atoms with E-state index in [0.29, 0.717) is 6.54 Å². The molecule has 0 bridgehead atoms. The molecule has 1 N–H and O–H groups in total. The fourth-order valence-electron chi connectivity index (χ4n) is 4.63. The van der Waals surface area contributed by atoms with Crippen LogP contribution in [-0.4, -0.2) is 39.5 Å². The molecule has 2 aliphatic rings. The van der Waals surface area contributed by atoms with Crippen LogP contribution in [0.1, 0.15) is 49.9 Å². The molecule has 4 rings (SSSR count). The second-order valence-electron chi connectivity index (χ2n) is 8.03. The molecule has 0 unspecified atom stereocenters. The molecule has 1 saturated carbocycles. The van der Waals surface area contributed by atoms with Crippen molar-refractivity contribution in [2.45, 2.75) is 58.0 Å². The average molecular weight is 354 g/mol. The summed E-state index contributed by atoms with van der Waals surface area (Å²) in [5, 5.41) is 3.17. The van der Waals surface area contributed by atoms with E-state index in [4.69, 9.17) is 0 Å². The van der Waals surface area contributed by atoms with Crippen molar-refractivity contribution in [1.82, 2.24) is 19.8 Å². The molecule has 2 aromatic rings. The lowest BCUT2D eigenvalue weighted by atomic mass is 9.95. The molecule has 140 valence electrons. The van der Waals surface area contributed by atoms with Gasteiger partial charge in [-0.2, -0.15) is 0 Å². The van der Waals surface area contributed by atoms with Gasteiger partial charge in [-0.3, -0.25) is 9.69 Å². The van der Waals surface area contributed by atoms with E-state index in [-0.39, 0.29) is 11.8 Å². The number of piperidine rings is 1. The second-order valence-corrected chi connectivity index (χ2v) is 8.03. The van der Waals surface area contributed by atoms with E-state index in [9.17, 15) is 4.79 Å². The molecule has 0 spiro atoms. The normalized spacial score (nSPS) is 22.2. The van der Waals surface area contributed by atoms with Gasteiger partial charge in [-0.25, -0.2) is 4.98 Å². The molecule has 5 nitrogen and oxygen atoms in total. The zero-order valence-electron chi connectivity index (χ0n) is 16.0. The molecule has 1 saturated heterocycles. The van der Waals surface area contributed by atoms with Gasteiger partial charge in [0.25, 0.3) is 0 Å². The first kappa shape index (κ1) is 17.5. The van der Waals surface area contributed by atoms with Gasteiger partial charge in [0.05, 0.1) is 17.0 Å². The molecule has 1 atom stereocenters. The topological polar surface area (TPSA) is 50.2 Å². The van der Waals surface area contributed by atoms with Crippen LogP contribution in [0.2, 0.25) is 0 Å². The minimum Gasteiger partial charge on any atom is -0.352 e. The predicted molar refractivity (Wildman–Crippen MR) is 104 cm³/mol. The maximum atomic E-state index is 12.7. The molecule has 1 aromatic heterocycles. The summed E-state index contributed by atoms with van der Waals surface area (Å²) < 4.78 is 2.09. The number of aromatic nitrogens is 2. The van der Waals surface area contributed by atoms with Gasteiger partial charge in [0.15, 0.2) is 0 Å². The highest BCUT2D eigenvalue weighted by Gasteiger charge is 2.30. The average Bonchev–Trinajstić information content (AvgIpc) is 3.29. The molecule has 26 heavy (non-hydrogen) atoms. The fraction of sp³-hybridized carbons (Fsp3) is 0.619. The summed E-state index contributed by atoms with van der Waals surface area (Å²) in [6.07, 6.45) is 7.51. The van der Waals surface area contributed by atoms with Crippen LogP contribution in [0.4, 0.5) is 0 Å².